The van der Waals surface area contributed by atoms with Gasteiger partial charge in [-0.2, -0.15) is 0 Å². The Balaban J connectivity index is 1.64. The molecular formula is C21H26N2O5. The Bertz CT molecular complexity index is 776. The van der Waals surface area contributed by atoms with Crippen molar-refractivity contribution in [3.05, 3.63) is 53.9 Å². The fraction of sp³-hybridized carbons (Fsp3) is 0.429. The Morgan fingerprint density at radius 3 is 2.79 bits per heavy atom. The average Bonchev–Trinajstić information content (AvgIpc) is 2.72. The van der Waals surface area contributed by atoms with Gasteiger partial charge in [0.15, 0.2) is 11.5 Å². The molecule has 0 atom stereocenters. The van der Waals surface area contributed by atoms with Gasteiger partial charge in [-0.15, -0.1) is 0 Å². The van der Waals surface area contributed by atoms with E-state index in [2.05, 4.69) is 10.3 Å². The molecule has 0 aliphatic carbocycles. The lowest BCUT2D eigenvalue weighted by atomic mass is 9.94. The van der Waals surface area contributed by atoms with Crippen LogP contribution >= 0.6 is 0 Å². The molecule has 1 aliphatic heterocycles. The first kappa shape index (κ1) is 20.1. The third-order valence-corrected chi connectivity index (χ3v) is 4.62. The summed E-state index contributed by atoms with van der Waals surface area (Å²) in [5, 5.41) is 13.3. The van der Waals surface area contributed by atoms with Gasteiger partial charge in [0.05, 0.1) is 12.2 Å². The molecule has 1 fully saturated rings. The maximum Gasteiger partial charge on any atom is 0.251 e. The van der Waals surface area contributed by atoms with Crippen molar-refractivity contribution in [2.45, 2.75) is 32.0 Å². The Morgan fingerprint density at radius 2 is 2.07 bits per heavy atom. The number of ether oxygens (including phenoxy) is 3. The first-order valence-corrected chi connectivity index (χ1v) is 9.46. The first-order valence-electron chi connectivity index (χ1n) is 9.46. The molecule has 1 aromatic heterocycles. The second kappa shape index (κ2) is 9.52. The van der Waals surface area contributed by atoms with E-state index in [1.54, 1.807) is 30.6 Å². The maximum absolute atomic E-state index is 12.5. The smallest absolute Gasteiger partial charge is 0.251 e. The predicted molar refractivity (Wildman–Crippen MR) is 104 cm³/mol. The van der Waals surface area contributed by atoms with E-state index in [0.29, 0.717) is 56.3 Å². The number of aliphatic hydroxyl groups is 1. The second-order valence-corrected chi connectivity index (χ2v) is 6.76. The van der Waals surface area contributed by atoms with Crippen molar-refractivity contribution in [3.63, 3.8) is 0 Å². The highest BCUT2D eigenvalue weighted by Gasteiger charge is 2.30. The van der Waals surface area contributed by atoms with E-state index in [-0.39, 0.29) is 12.5 Å². The summed E-state index contributed by atoms with van der Waals surface area (Å²) < 4.78 is 16.7. The molecule has 0 saturated carbocycles. The zero-order chi connectivity index (χ0) is 19.8. The van der Waals surface area contributed by atoms with Crippen LogP contribution in [0.4, 0.5) is 0 Å². The number of pyridine rings is 1. The van der Waals surface area contributed by atoms with Gasteiger partial charge < -0.3 is 24.6 Å². The van der Waals surface area contributed by atoms with Gasteiger partial charge >= 0.3 is 0 Å². The number of amides is 1. The summed E-state index contributed by atoms with van der Waals surface area (Å²) in [6.07, 6.45) is 4.47. The van der Waals surface area contributed by atoms with E-state index in [9.17, 15) is 9.90 Å². The minimum absolute atomic E-state index is 0.193. The van der Waals surface area contributed by atoms with E-state index in [4.69, 9.17) is 14.2 Å². The van der Waals surface area contributed by atoms with Crippen LogP contribution in [0.15, 0.2) is 42.7 Å². The van der Waals surface area contributed by atoms with Crippen LogP contribution in [0.3, 0.4) is 0 Å². The summed E-state index contributed by atoms with van der Waals surface area (Å²) in [4.78, 5) is 16.6. The molecule has 0 radical (unpaired) electrons. The average molecular weight is 386 g/mol. The quantitative estimate of drug-likeness (QED) is 0.724. The molecule has 2 N–H and O–H groups in total. The van der Waals surface area contributed by atoms with Crippen molar-refractivity contribution in [2.75, 3.05) is 26.4 Å². The van der Waals surface area contributed by atoms with Gasteiger partial charge in [-0.1, -0.05) is 6.07 Å². The minimum atomic E-state index is -0.913. The molecule has 0 unspecified atom stereocenters. The van der Waals surface area contributed by atoms with Crippen LogP contribution in [0.2, 0.25) is 0 Å². The number of nitrogens with zero attached hydrogens (tertiary/aromatic N) is 1. The topological polar surface area (TPSA) is 89.9 Å². The van der Waals surface area contributed by atoms with E-state index in [1.165, 1.54) is 0 Å². The van der Waals surface area contributed by atoms with E-state index < -0.39 is 5.60 Å². The second-order valence-electron chi connectivity index (χ2n) is 6.76. The third kappa shape index (κ3) is 5.43. The molecule has 1 aliphatic rings. The Kier molecular flexibility index (Phi) is 6.84. The highest BCUT2D eigenvalue weighted by molar-refractivity contribution is 5.94. The van der Waals surface area contributed by atoms with Gasteiger partial charge in [0, 0.05) is 56.1 Å². The zero-order valence-corrected chi connectivity index (χ0v) is 16.0. The summed E-state index contributed by atoms with van der Waals surface area (Å²) in [6, 6.07) is 8.84. The van der Waals surface area contributed by atoms with Crippen molar-refractivity contribution >= 4 is 5.91 Å². The predicted octanol–water partition coefficient (Wildman–Crippen LogP) is 2.33. The first-order chi connectivity index (χ1) is 13.6. The summed E-state index contributed by atoms with van der Waals surface area (Å²) >= 11 is 0. The lowest BCUT2D eigenvalue weighted by Gasteiger charge is -2.32. The summed E-state index contributed by atoms with van der Waals surface area (Å²) in [5.74, 6) is 0.800. The molecule has 0 spiro atoms. The summed E-state index contributed by atoms with van der Waals surface area (Å²) in [7, 11) is 0. The van der Waals surface area contributed by atoms with Gasteiger partial charge in [-0.3, -0.25) is 9.78 Å². The van der Waals surface area contributed by atoms with Crippen LogP contribution in [0.5, 0.6) is 11.5 Å². The van der Waals surface area contributed by atoms with Gasteiger partial charge in [-0.05, 0) is 31.2 Å². The van der Waals surface area contributed by atoms with Crippen molar-refractivity contribution in [3.8, 4) is 11.5 Å². The minimum Gasteiger partial charge on any atom is -0.490 e. The number of hydrogen-bond acceptors (Lipinski definition) is 6. The van der Waals surface area contributed by atoms with Crippen LogP contribution in [0, 0.1) is 0 Å². The fourth-order valence-corrected chi connectivity index (χ4v) is 2.96. The molecule has 1 aromatic carbocycles. The van der Waals surface area contributed by atoms with Gasteiger partial charge in [0.25, 0.3) is 5.91 Å². The van der Waals surface area contributed by atoms with Crippen LogP contribution in [0.25, 0.3) is 0 Å². The van der Waals surface area contributed by atoms with Gasteiger partial charge in [-0.25, -0.2) is 0 Å². The molecule has 1 saturated heterocycles. The number of hydrogen-bond donors (Lipinski definition) is 2. The molecule has 28 heavy (non-hydrogen) atoms. The van der Waals surface area contributed by atoms with E-state index in [1.807, 2.05) is 19.1 Å². The highest BCUT2D eigenvalue weighted by Crippen LogP contribution is 2.29. The van der Waals surface area contributed by atoms with Gasteiger partial charge in [0.1, 0.15) is 6.61 Å². The Labute approximate surface area is 164 Å². The monoisotopic (exact) mass is 386 g/mol. The molecule has 7 heteroatoms. The van der Waals surface area contributed by atoms with E-state index >= 15 is 0 Å². The molecular weight excluding hydrogens is 360 g/mol. The largest absolute Gasteiger partial charge is 0.490 e. The zero-order valence-electron chi connectivity index (χ0n) is 16.0. The standard InChI is InChI=1S/C21H26N2O5/c1-2-27-19-12-17(20(24)23-15-21(25)7-10-26-11-8-21)5-6-18(19)28-14-16-4-3-9-22-13-16/h3-6,9,12-13,25H,2,7-8,10-11,14-15H2,1H3,(H,23,24). The Morgan fingerprint density at radius 1 is 1.25 bits per heavy atom. The molecule has 1 amide bonds. The normalized spacial score (nSPS) is 15.6. The SMILES string of the molecule is CCOc1cc(C(=O)NCC2(O)CCOCC2)ccc1OCc1cccnc1. The fourth-order valence-electron chi connectivity index (χ4n) is 2.96. The van der Waals surface area contributed by atoms with Crippen LogP contribution < -0.4 is 14.8 Å². The van der Waals surface area contributed by atoms with E-state index in [0.717, 1.165) is 5.56 Å². The summed E-state index contributed by atoms with van der Waals surface area (Å²) in [6.45, 7) is 3.88. The number of benzene rings is 1. The lowest BCUT2D eigenvalue weighted by molar-refractivity contribution is -0.0605. The van der Waals surface area contributed by atoms with Crippen molar-refractivity contribution < 1.29 is 24.1 Å². The van der Waals surface area contributed by atoms with Crippen molar-refractivity contribution in [2.24, 2.45) is 0 Å². The number of aromatic nitrogens is 1. The van der Waals surface area contributed by atoms with Crippen LogP contribution in [-0.2, 0) is 11.3 Å². The summed E-state index contributed by atoms with van der Waals surface area (Å²) in [5.41, 5.74) is 0.480. The number of rotatable bonds is 8. The maximum atomic E-state index is 12.5. The number of carbonyl (C=O) groups excluding carboxylic acids is 1. The molecule has 2 heterocycles. The number of carbonyl (C=O) groups is 1. The number of nitrogens with one attached hydrogen (secondary N) is 1. The third-order valence-electron chi connectivity index (χ3n) is 4.62. The molecule has 3 rings (SSSR count). The molecule has 0 bridgehead atoms. The van der Waals surface area contributed by atoms with Crippen molar-refractivity contribution in [1.82, 2.24) is 10.3 Å². The Hall–Kier alpha value is -2.64. The van der Waals surface area contributed by atoms with Crippen molar-refractivity contribution in [1.29, 1.82) is 0 Å². The molecule has 2 aromatic rings. The van der Waals surface area contributed by atoms with Gasteiger partial charge in [0.2, 0.25) is 0 Å². The lowest BCUT2D eigenvalue weighted by Crippen LogP contribution is -2.46. The van der Waals surface area contributed by atoms with Crippen LogP contribution in [0.1, 0.15) is 35.7 Å². The highest BCUT2D eigenvalue weighted by atomic mass is 16.5. The van der Waals surface area contributed by atoms with Crippen LogP contribution in [-0.4, -0.2) is 48.0 Å². The molecule has 7 nitrogen and oxygen atoms in total. The molecule has 150 valence electrons.